The molecule has 0 aromatic heterocycles. The van der Waals surface area contributed by atoms with Crippen LogP contribution < -0.4 is 16.0 Å². The third kappa shape index (κ3) is 5.62. The first-order chi connectivity index (χ1) is 14.3. The lowest BCUT2D eigenvalue weighted by atomic mass is 10.1. The molecular weight excluding hydrogens is 401 g/mol. The first kappa shape index (κ1) is 21.9. The molecule has 164 valence electrons. The molecule has 3 amide bonds. The van der Waals surface area contributed by atoms with Crippen molar-refractivity contribution in [2.75, 3.05) is 39.8 Å². The lowest BCUT2D eigenvalue weighted by molar-refractivity contribution is -0.137. The minimum atomic E-state index is -4.32. The molecule has 3 rings (SSSR count). The molecule has 8 nitrogen and oxygen atoms in total. The smallest absolute Gasteiger partial charge is 0.355 e. The van der Waals surface area contributed by atoms with Crippen LogP contribution in [0.25, 0.3) is 0 Å². The number of amides is 3. The minimum absolute atomic E-state index is 0.0304. The van der Waals surface area contributed by atoms with Gasteiger partial charge in [0.05, 0.1) is 12.1 Å². The quantitative estimate of drug-likeness (QED) is 0.359. The minimum Gasteiger partial charge on any atom is -0.355 e. The molecule has 0 saturated carbocycles. The van der Waals surface area contributed by atoms with Crippen molar-refractivity contribution in [3.8, 4) is 0 Å². The van der Waals surface area contributed by atoms with Crippen LogP contribution in [-0.4, -0.2) is 73.5 Å². The van der Waals surface area contributed by atoms with Crippen molar-refractivity contribution < 1.29 is 22.8 Å². The normalized spacial score (nSPS) is 20.6. The summed E-state index contributed by atoms with van der Waals surface area (Å²) < 4.78 is 38.0. The van der Waals surface area contributed by atoms with Gasteiger partial charge >= 0.3 is 12.2 Å². The third-order valence-corrected chi connectivity index (χ3v) is 5.09. The summed E-state index contributed by atoms with van der Waals surface area (Å²) in [6, 6.07) is 5.00. The molecule has 2 heterocycles. The van der Waals surface area contributed by atoms with E-state index in [1.807, 2.05) is 0 Å². The summed E-state index contributed by atoms with van der Waals surface area (Å²) in [4.78, 5) is 30.6. The lowest BCUT2D eigenvalue weighted by Gasteiger charge is -2.20. The van der Waals surface area contributed by atoms with E-state index in [0.29, 0.717) is 19.0 Å². The fourth-order valence-electron chi connectivity index (χ4n) is 3.51. The Labute approximate surface area is 172 Å². The van der Waals surface area contributed by atoms with E-state index in [2.05, 4.69) is 25.8 Å². The second-order valence-electron chi connectivity index (χ2n) is 7.26. The van der Waals surface area contributed by atoms with Crippen molar-refractivity contribution in [3.63, 3.8) is 0 Å². The maximum absolute atomic E-state index is 12.7. The first-order valence-electron chi connectivity index (χ1n) is 9.70. The fraction of sp³-hybridized carbons (Fsp3) is 0.526. The van der Waals surface area contributed by atoms with Crippen LogP contribution in [0.4, 0.5) is 18.0 Å². The van der Waals surface area contributed by atoms with Gasteiger partial charge in [0.2, 0.25) is 5.91 Å². The topological polar surface area (TPSA) is 89.1 Å². The van der Waals surface area contributed by atoms with Gasteiger partial charge in [-0.1, -0.05) is 12.1 Å². The van der Waals surface area contributed by atoms with Gasteiger partial charge in [-0.25, -0.2) is 4.79 Å². The number of hydrogen-bond donors (Lipinski definition) is 3. The van der Waals surface area contributed by atoms with Gasteiger partial charge < -0.3 is 16.0 Å². The molecule has 0 aliphatic carbocycles. The van der Waals surface area contributed by atoms with Gasteiger partial charge in [0.1, 0.15) is 0 Å². The van der Waals surface area contributed by atoms with E-state index in [-0.39, 0.29) is 31.1 Å². The van der Waals surface area contributed by atoms with E-state index in [4.69, 9.17) is 0 Å². The van der Waals surface area contributed by atoms with Crippen LogP contribution in [0.15, 0.2) is 29.3 Å². The Kier molecular flexibility index (Phi) is 6.80. The number of imide groups is 1. The second-order valence-corrected chi connectivity index (χ2v) is 7.26. The largest absolute Gasteiger partial charge is 0.416 e. The number of halogens is 3. The lowest BCUT2D eigenvalue weighted by Crippen LogP contribution is -2.47. The summed E-state index contributed by atoms with van der Waals surface area (Å²) in [6.07, 6.45) is -3.45. The highest BCUT2D eigenvalue weighted by Crippen LogP contribution is 2.29. The molecule has 0 radical (unpaired) electrons. The van der Waals surface area contributed by atoms with Crippen molar-refractivity contribution in [2.24, 2.45) is 4.99 Å². The third-order valence-electron chi connectivity index (χ3n) is 5.09. The number of likely N-dealkylation sites (tertiary alicyclic amines) is 1. The first-order valence-corrected chi connectivity index (χ1v) is 9.70. The highest BCUT2D eigenvalue weighted by atomic mass is 19.4. The molecule has 1 aromatic rings. The summed E-state index contributed by atoms with van der Waals surface area (Å²) in [5.41, 5.74) is 0.190. The number of urea groups is 1. The molecule has 2 fully saturated rings. The SMILES string of the molecule is CN=C(NCCN1C(=O)CNC1=O)NC1CCN(Cc2ccc(C(F)(F)F)cc2)C1. The average Bonchev–Trinajstić information content (AvgIpc) is 3.27. The van der Waals surface area contributed by atoms with E-state index in [1.165, 1.54) is 12.1 Å². The van der Waals surface area contributed by atoms with Gasteiger partial charge in [-0.05, 0) is 24.1 Å². The molecule has 1 unspecified atom stereocenters. The van der Waals surface area contributed by atoms with E-state index < -0.39 is 11.7 Å². The highest BCUT2D eigenvalue weighted by Gasteiger charge is 2.30. The van der Waals surface area contributed by atoms with E-state index in [9.17, 15) is 22.8 Å². The number of carbonyl (C=O) groups is 2. The van der Waals surface area contributed by atoms with E-state index in [1.54, 1.807) is 7.05 Å². The zero-order valence-electron chi connectivity index (χ0n) is 16.6. The van der Waals surface area contributed by atoms with Crippen molar-refractivity contribution in [3.05, 3.63) is 35.4 Å². The van der Waals surface area contributed by atoms with Crippen LogP contribution >= 0.6 is 0 Å². The molecule has 0 spiro atoms. The van der Waals surface area contributed by atoms with Crippen molar-refractivity contribution in [1.82, 2.24) is 25.8 Å². The molecule has 2 saturated heterocycles. The van der Waals surface area contributed by atoms with Crippen LogP contribution in [0.1, 0.15) is 17.5 Å². The summed E-state index contributed by atoms with van der Waals surface area (Å²) in [7, 11) is 1.64. The molecule has 1 aromatic carbocycles. The molecule has 11 heteroatoms. The molecule has 2 aliphatic rings. The molecular formula is C19H25F3N6O2. The number of nitrogens with zero attached hydrogens (tertiary/aromatic N) is 3. The van der Waals surface area contributed by atoms with Gasteiger partial charge in [0, 0.05) is 45.8 Å². The van der Waals surface area contributed by atoms with Gasteiger partial charge in [0.25, 0.3) is 0 Å². The van der Waals surface area contributed by atoms with Crippen molar-refractivity contribution >= 4 is 17.9 Å². The Morgan fingerprint density at radius 1 is 1.27 bits per heavy atom. The van der Waals surface area contributed by atoms with Crippen LogP contribution in [0.2, 0.25) is 0 Å². The Bertz CT molecular complexity index is 780. The van der Waals surface area contributed by atoms with Crippen LogP contribution in [0.3, 0.4) is 0 Å². The Balaban J connectivity index is 1.42. The number of guanidine groups is 1. The summed E-state index contributed by atoms with van der Waals surface area (Å²) in [5.74, 6) is 0.322. The second kappa shape index (κ2) is 9.33. The van der Waals surface area contributed by atoms with Gasteiger partial charge in [0.15, 0.2) is 5.96 Å². The average molecular weight is 426 g/mol. The zero-order chi connectivity index (χ0) is 21.7. The Hall–Kier alpha value is -2.82. The number of aliphatic imine (C=N–C) groups is 1. The monoisotopic (exact) mass is 426 g/mol. The molecule has 1 atom stereocenters. The fourth-order valence-corrected chi connectivity index (χ4v) is 3.51. The Morgan fingerprint density at radius 3 is 2.60 bits per heavy atom. The van der Waals surface area contributed by atoms with Crippen LogP contribution in [-0.2, 0) is 17.5 Å². The number of hydrogen-bond acceptors (Lipinski definition) is 4. The molecule has 0 bridgehead atoms. The van der Waals surface area contributed by atoms with Gasteiger partial charge in [-0.2, -0.15) is 13.2 Å². The summed E-state index contributed by atoms with van der Waals surface area (Å²) in [5, 5.41) is 8.86. The maximum Gasteiger partial charge on any atom is 0.416 e. The maximum atomic E-state index is 12.7. The number of benzene rings is 1. The standard InChI is InChI=1S/C19H25F3N6O2/c1-23-17(24-7-9-28-16(29)10-25-18(28)30)26-15-6-8-27(12-15)11-13-2-4-14(5-3-13)19(20,21)22/h2-5,15H,6-12H2,1H3,(H,25,30)(H2,23,24,26). The predicted octanol–water partition coefficient (Wildman–Crippen LogP) is 0.997. The van der Waals surface area contributed by atoms with E-state index >= 15 is 0 Å². The highest BCUT2D eigenvalue weighted by molar-refractivity contribution is 6.01. The summed E-state index contributed by atoms with van der Waals surface area (Å²) in [6.45, 7) is 2.78. The Morgan fingerprint density at radius 2 is 2.00 bits per heavy atom. The van der Waals surface area contributed by atoms with E-state index in [0.717, 1.165) is 42.1 Å². The molecule has 2 aliphatic heterocycles. The number of nitrogens with one attached hydrogen (secondary N) is 3. The van der Waals surface area contributed by atoms with Gasteiger partial charge in [-0.15, -0.1) is 0 Å². The number of alkyl halides is 3. The molecule has 3 N–H and O–H groups in total. The van der Waals surface area contributed by atoms with Crippen molar-refractivity contribution in [1.29, 1.82) is 0 Å². The van der Waals surface area contributed by atoms with Gasteiger partial charge in [-0.3, -0.25) is 19.6 Å². The van der Waals surface area contributed by atoms with Crippen LogP contribution in [0.5, 0.6) is 0 Å². The number of carbonyl (C=O) groups excluding carboxylic acids is 2. The number of rotatable bonds is 6. The zero-order valence-corrected chi connectivity index (χ0v) is 16.6. The summed E-state index contributed by atoms with van der Waals surface area (Å²) >= 11 is 0. The van der Waals surface area contributed by atoms with Crippen LogP contribution in [0, 0.1) is 0 Å². The molecule has 30 heavy (non-hydrogen) atoms. The predicted molar refractivity (Wildman–Crippen MR) is 105 cm³/mol. The van der Waals surface area contributed by atoms with Crippen molar-refractivity contribution in [2.45, 2.75) is 25.2 Å².